The van der Waals surface area contributed by atoms with Gasteiger partial charge in [-0.25, -0.2) is 0 Å². The lowest BCUT2D eigenvalue weighted by molar-refractivity contribution is -0.123. The molecule has 1 amide bonds. The number of carbonyl (C=O) groups excluding carboxylic acids is 1. The summed E-state index contributed by atoms with van der Waals surface area (Å²) in [6, 6.07) is 7.47. The Morgan fingerprint density at radius 1 is 1.44 bits per heavy atom. The first-order valence-electron chi connectivity index (χ1n) is 6.32. The summed E-state index contributed by atoms with van der Waals surface area (Å²) in [4.78, 5) is 11.7. The first kappa shape index (κ1) is 13.2. The quantitative estimate of drug-likeness (QED) is 0.911. The van der Waals surface area contributed by atoms with Crippen LogP contribution in [0, 0.1) is 5.92 Å². The maximum absolute atomic E-state index is 11.7. The molecule has 1 fully saturated rings. The molecule has 98 valence electrons. The molecule has 2 rings (SSSR count). The van der Waals surface area contributed by atoms with E-state index < -0.39 is 0 Å². The van der Waals surface area contributed by atoms with Gasteiger partial charge in [0.25, 0.3) is 5.91 Å². The van der Waals surface area contributed by atoms with Crippen LogP contribution in [0.4, 0.5) is 0 Å². The zero-order valence-electron chi connectivity index (χ0n) is 10.5. The molecule has 1 aromatic rings. The van der Waals surface area contributed by atoms with Crippen LogP contribution in [0.1, 0.15) is 26.2 Å². The summed E-state index contributed by atoms with van der Waals surface area (Å²) in [5.74, 6) is 1.18. The molecule has 1 aliphatic rings. The van der Waals surface area contributed by atoms with Crippen LogP contribution in [0.15, 0.2) is 24.3 Å². The van der Waals surface area contributed by atoms with E-state index in [1.807, 2.05) is 12.1 Å². The molecule has 0 radical (unpaired) electrons. The van der Waals surface area contributed by atoms with E-state index in [2.05, 4.69) is 12.2 Å². The number of para-hydroxylation sites is 1. The van der Waals surface area contributed by atoms with Crippen LogP contribution < -0.4 is 10.1 Å². The van der Waals surface area contributed by atoms with Crippen LogP contribution in [-0.4, -0.2) is 18.6 Å². The molecule has 0 bridgehead atoms. The molecule has 0 heterocycles. The molecule has 3 nitrogen and oxygen atoms in total. The van der Waals surface area contributed by atoms with Crippen LogP contribution in [0.5, 0.6) is 5.75 Å². The lowest BCUT2D eigenvalue weighted by atomic mass is 10.1. The van der Waals surface area contributed by atoms with E-state index in [4.69, 9.17) is 16.3 Å². The van der Waals surface area contributed by atoms with Gasteiger partial charge in [0.1, 0.15) is 5.75 Å². The summed E-state index contributed by atoms with van der Waals surface area (Å²) in [5, 5.41) is 3.52. The molecule has 18 heavy (non-hydrogen) atoms. The molecule has 0 spiro atoms. The summed E-state index contributed by atoms with van der Waals surface area (Å²) in [5.41, 5.74) is 0. The van der Waals surface area contributed by atoms with Crippen molar-refractivity contribution in [2.24, 2.45) is 5.92 Å². The topological polar surface area (TPSA) is 38.3 Å². The van der Waals surface area contributed by atoms with Crippen molar-refractivity contribution in [3.05, 3.63) is 29.3 Å². The highest BCUT2D eigenvalue weighted by atomic mass is 35.5. The average molecular weight is 268 g/mol. The molecule has 0 saturated heterocycles. The number of ether oxygens (including phenoxy) is 1. The van der Waals surface area contributed by atoms with Crippen LogP contribution in [-0.2, 0) is 4.79 Å². The highest BCUT2D eigenvalue weighted by Crippen LogP contribution is 2.25. The Kier molecular flexibility index (Phi) is 4.48. The van der Waals surface area contributed by atoms with Crippen molar-refractivity contribution in [2.75, 3.05) is 6.61 Å². The first-order chi connectivity index (χ1) is 8.65. The maximum atomic E-state index is 11.7. The number of amides is 1. The molecule has 1 aliphatic carbocycles. The Bertz CT molecular complexity index is 422. The van der Waals surface area contributed by atoms with Crippen LogP contribution in [0.3, 0.4) is 0 Å². The van der Waals surface area contributed by atoms with Crippen molar-refractivity contribution in [1.82, 2.24) is 5.32 Å². The van der Waals surface area contributed by atoms with E-state index in [1.165, 1.54) is 6.42 Å². The number of halogens is 1. The van der Waals surface area contributed by atoms with Gasteiger partial charge in [-0.05, 0) is 37.3 Å². The van der Waals surface area contributed by atoms with Crippen molar-refractivity contribution in [3.8, 4) is 5.75 Å². The minimum atomic E-state index is -0.0750. The van der Waals surface area contributed by atoms with Crippen molar-refractivity contribution >= 4 is 17.5 Å². The molecule has 0 aromatic heterocycles. The maximum Gasteiger partial charge on any atom is 0.258 e. The minimum Gasteiger partial charge on any atom is -0.482 e. The third-order valence-electron chi connectivity index (χ3n) is 3.26. The minimum absolute atomic E-state index is 0.0224. The number of carbonyl (C=O) groups is 1. The molecule has 1 saturated carbocycles. The third kappa shape index (κ3) is 3.64. The van der Waals surface area contributed by atoms with Crippen LogP contribution >= 0.6 is 11.6 Å². The molecule has 2 atom stereocenters. The van der Waals surface area contributed by atoms with Gasteiger partial charge < -0.3 is 10.1 Å². The smallest absolute Gasteiger partial charge is 0.258 e. The van der Waals surface area contributed by atoms with E-state index >= 15 is 0 Å². The first-order valence-corrected chi connectivity index (χ1v) is 6.69. The Hall–Kier alpha value is -1.22. The summed E-state index contributed by atoms with van der Waals surface area (Å²) >= 11 is 5.94. The lowest BCUT2D eigenvalue weighted by Gasteiger charge is -2.13. The van der Waals surface area contributed by atoms with Gasteiger partial charge >= 0.3 is 0 Å². The van der Waals surface area contributed by atoms with E-state index in [1.54, 1.807) is 12.1 Å². The van der Waals surface area contributed by atoms with Gasteiger partial charge in [-0.1, -0.05) is 30.7 Å². The van der Waals surface area contributed by atoms with Gasteiger partial charge in [-0.2, -0.15) is 0 Å². The summed E-state index contributed by atoms with van der Waals surface area (Å²) in [6.07, 6.45) is 3.33. The number of benzene rings is 1. The second kappa shape index (κ2) is 6.10. The van der Waals surface area contributed by atoms with Gasteiger partial charge in [0.15, 0.2) is 6.61 Å². The second-order valence-corrected chi connectivity index (χ2v) is 5.31. The van der Waals surface area contributed by atoms with Crippen molar-refractivity contribution < 1.29 is 9.53 Å². The summed E-state index contributed by atoms with van der Waals surface area (Å²) < 4.78 is 5.39. The van der Waals surface area contributed by atoms with Crippen LogP contribution in [0.2, 0.25) is 5.02 Å². The van der Waals surface area contributed by atoms with Gasteiger partial charge in [0, 0.05) is 6.04 Å². The fourth-order valence-electron chi connectivity index (χ4n) is 2.31. The molecular formula is C14H18ClNO2. The summed E-state index contributed by atoms with van der Waals surface area (Å²) in [6.45, 7) is 2.24. The average Bonchev–Trinajstić information content (AvgIpc) is 2.74. The Labute approximate surface area is 112 Å². The van der Waals surface area contributed by atoms with Crippen molar-refractivity contribution in [1.29, 1.82) is 0 Å². The van der Waals surface area contributed by atoms with Crippen molar-refractivity contribution in [2.45, 2.75) is 32.2 Å². The highest BCUT2D eigenvalue weighted by molar-refractivity contribution is 6.32. The Morgan fingerprint density at radius 3 is 2.89 bits per heavy atom. The number of nitrogens with one attached hydrogen (secondary N) is 1. The van der Waals surface area contributed by atoms with Gasteiger partial charge in [-0.15, -0.1) is 0 Å². The number of rotatable bonds is 4. The molecular weight excluding hydrogens is 250 g/mol. The van der Waals surface area contributed by atoms with E-state index in [9.17, 15) is 4.79 Å². The summed E-state index contributed by atoms with van der Waals surface area (Å²) in [7, 11) is 0. The standard InChI is InChI=1S/C14H18ClNO2/c1-10-6-7-11(8-10)16-14(17)9-18-13-5-3-2-4-12(13)15/h2-5,10-11H,6-9H2,1H3,(H,16,17). The normalized spacial score (nSPS) is 22.8. The fraction of sp³-hybridized carbons (Fsp3) is 0.500. The van der Waals surface area contributed by atoms with Gasteiger partial charge in [0.05, 0.1) is 5.02 Å². The molecule has 2 unspecified atom stereocenters. The predicted octanol–water partition coefficient (Wildman–Crippen LogP) is 3.02. The highest BCUT2D eigenvalue weighted by Gasteiger charge is 2.22. The van der Waals surface area contributed by atoms with E-state index in [-0.39, 0.29) is 12.5 Å². The monoisotopic (exact) mass is 267 g/mol. The predicted molar refractivity (Wildman–Crippen MR) is 71.9 cm³/mol. The molecule has 0 aliphatic heterocycles. The SMILES string of the molecule is CC1CCC(NC(=O)COc2ccccc2Cl)C1. The second-order valence-electron chi connectivity index (χ2n) is 4.90. The molecule has 4 heteroatoms. The lowest BCUT2D eigenvalue weighted by Crippen LogP contribution is -2.36. The van der Waals surface area contributed by atoms with E-state index in [0.717, 1.165) is 12.8 Å². The van der Waals surface area contributed by atoms with Crippen molar-refractivity contribution in [3.63, 3.8) is 0 Å². The third-order valence-corrected chi connectivity index (χ3v) is 3.57. The van der Waals surface area contributed by atoms with E-state index in [0.29, 0.717) is 22.7 Å². The number of hydrogen-bond donors (Lipinski definition) is 1. The zero-order valence-corrected chi connectivity index (χ0v) is 11.2. The number of hydrogen-bond acceptors (Lipinski definition) is 2. The van der Waals surface area contributed by atoms with Crippen LogP contribution in [0.25, 0.3) is 0 Å². The Balaban J connectivity index is 1.77. The van der Waals surface area contributed by atoms with Gasteiger partial charge in [0.2, 0.25) is 0 Å². The Morgan fingerprint density at radius 2 is 2.22 bits per heavy atom. The molecule has 1 aromatic carbocycles. The fourth-order valence-corrected chi connectivity index (χ4v) is 2.50. The van der Waals surface area contributed by atoms with Gasteiger partial charge in [-0.3, -0.25) is 4.79 Å². The molecule has 1 N–H and O–H groups in total. The zero-order chi connectivity index (χ0) is 13.0. The largest absolute Gasteiger partial charge is 0.482 e.